The predicted molar refractivity (Wildman–Crippen MR) is 125 cm³/mol. The van der Waals surface area contributed by atoms with E-state index in [0.717, 1.165) is 42.3 Å². The maximum absolute atomic E-state index is 12.2. The fraction of sp³-hybridized carbons (Fsp3) is 0.480. The molecule has 0 aliphatic heterocycles. The fourth-order valence-corrected chi connectivity index (χ4v) is 2.91. The number of unbranched alkanes of at least 4 members (excludes halogenated alkanes) is 4. The van der Waals surface area contributed by atoms with Crippen molar-refractivity contribution in [3.05, 3.63) is 48.5 Å². The maximum atomic E-state index is 12.2. The molecule has 0 saturated heterocycles. The number of benzene rings is 2. The van der Waals surface area contributed by atoms with Gasteiger partial charge in [0.1, 0.15) is 11.5 Å². The van der Waals surface area contributed by atoms with Crippen molar-refractivity contribution in [2.24, 2.45) is 0 Å². The summed E-state index contributed by atoms with van der Waals surface area (Å²) in [5, 5.41) is 6.04. The number of carbonyl (C=O) groups excluding carboxylic acids is 1. The van der Waals surface area contributed by atoms with Crippen LogP contribution < -0.4 is 20.1 Å². The number of nitrogens with one attached hydrogen (secondary N) is 2. The lowest BCUT2D eigenvalue weighted by Gasteiger charge is -2.13. The van der Waals surface area contributed by atoms with Gasteiger partial charge >= 0.3 is 0 Å². The molecule has 0 fully saturated rings. The average molecular weight is 413 g/mol. The van der Waals surface area contributed by atoms with Gasteiger partial charge in [0, 0.05) is 17.4 Å². The van der Waals surface area contributed by atoms with Crippen LogP contribution in [0.4, 0.5) is 11.4 Å². The molecule has 2 N–H and O–H groups in total. The SMILES string of the molecule is CCCCCCCOc1cccc(NCC(=O)Nc2ccc(OC(C)CC)cc2)c1. The molecule has 0 spiro atoms. The molecule has 0 aliphatic carbocycles. The molecule has 0 aliphatic rings. The number of hydrogen-bond acceptors (Lipinski definition) is 4. The zero-order valence-corrected chi connectivity index (χ0v) is 18.6. The minimum Gasteiger partial charge on any atom is -0.494 e. The average Bonchev–Trinajstić information content (AvgIpc) is 2.76. The summed E-state index contributed by atoms with van der Waals surface area (Å²) < 4.78 is 11.6. The number of amides is 1. The third kappa shape index (κ3) is 9.21. The molecule has 1 unspecified atom stereocenters. The van der Waals surface area contributed by atoms with Crippen LogP contribution in [0, 0.1) is 0 Å². The van der Waals surface area contributed by atoms with Gasteiger partial charge in [-0.3, -0.25) is 4.79 Å². The maximum Gasteiger partial charge on any atom is 0.243 e. The van der Waals surface area contributed by atoms with Crippen molar-refractivity contribution in [3.63, 3.8) is 0 Å². The summed E-state index contributed by atoms with van der Waals surface area (Å²) in [6, 6.07) is 15.2. The second-order valence-corrected chi connectivity index (χ2v) is 7.55. The van der Waals surface area contributed by atoms with Crippen molar-refractivity contribution in [3.8, 4) is 11.5 Å². The van der Waals surface area contributed by atoms with E-state index in [2.05, 4.69) is 24.5 Å². The summed E-state index contributed by atoms with van der Waals surface area (Å²) in [6.45, 7) is 7.25. The Morgan fingerprint density at radius 2 is 1.70 bits per heavy atom. The Balaban J connectivity index is 1.72. The van der Waals surface area contributed by atoms with Crippen molar-refractivity contribution in [1.29, 1.82) is 0 Å². The molecule has 2 aromatic carbocycles. The molecule has 164 valence electrons. The number of carbonyl (C=O) groups is 1. The predicted octanol–water partition coefficient (Wildman–Crippen LogP) is 6.26. The quantitative estimate of drug-likeness (QED) is 0.359. The van der Waals surface area contributed by atoms with Gasteiger partial charge in [-0.25, -0.2) is 0 Å². The van der Waals surface area contributed by atoms with Crippen LogP contribution in [0.1, 0.15) is 59.3 Å². The van der Waals surface area contributed by atoms with Crippen LogP contribution in [0.3, 0.4) is 0 Å². The second kappa shape index (κ2) is 13.5. The molecule has 1 amide bonds. The van der Waals surface area contributed by atoms with Gasteiger partial charge < -0.3 is 20.1 Å². The smallest absolute Gasteiger partial charge is 0.243 e. The van der Waals surface area contributed by atoms with Gasteiger partial charge in [0.2, 0.25) is 5.91 Å². The Labute approximate surface area is 181 Å². The fourth-order valence-electron chi connectivity index (χ4n) is 2.91. The van der Waals surface area contributed by atoms with E-state index in [1.165, 1.54) is 25.7 Å². The lowest BCUT2D eigenvalue weighted by atomic mass is 10.2. The first kappa shape index (κ1) is 23.6. The molecule has 5 nitrogen and oxygen atoms in total. The molecule has 0 heterocycles. The number of rotatable bonds is 14. The minimum absolute atomic E-state index is 0.104. The number of anilines is 2. The summed E-state index contributed by atoms with van der Waals surface area (Å²) >= 11 is 0. The van der Waals surface area contributed by atoms with E-state index in [4.69, 9.17) is 9.47 Å². The highest BCUT2D eigenvalue weighted by atomic mass is 16.5. The summed E-state index contributed by atoms with van der Waals surface area (Å²) in [6.07, 6.45) is 7.21. The van der Waals surface area contributed by atoms with E-state index < -0.39 is 0 Å². The number of hydrogen-bond donors (Lipinski definition) is 2. The molecule has 5 heteroatoms. The highest BCUT2D eigenvalue weighted by molar-refractivity contribution is 5.93. The van der Waals surface area contributed by atoms with Crippen molar-refractivity contribution < 1.29 is 14.3 Å². The second-order valence-electron chi connectivity index (χ2n) is 7.55. The van der Waals surface area contributed by atoms with Gasteiger partial charge in [-0.2, -0.15) is 0 Å². The number of ether oxygens (including phenoxy) is 2. The van der Waals surface area contributed by atoms with Crippen molar-refractivity contribution in [2.45, 2.75) is 65.4 Å². The molecule has 30 heavy (non-hydrogen) atoms. The van der Waals surface area contributed by atoms with E-state index in [0.29, 0.717) is 0 Å². The normalized spacial score (nSPS) is 11.6. The summed E-state index contributed by atoms with van der Waals surface area (Å²) in [7, 11) is 0. The Morgan fingerprint density at radius 1 is 0.933 bits per heavy atom. The Kier molecular flexibility index (Phi) is 10.6. The van der Waals surface area contributed by atoms with Crippen molar-refractivity contribution in [1.82, 2.24) is 0 Å². The van der Waals surface area contributed by atoms with Gasteiger partial charge in [0.25, 0.3) is 0 Å². The monoisotopic (exact) mass is 412 g/mol. The Bertz CT molecular complexity index is 746. The first-order valence-corrected chi connectivity index (χ1v) is 11.1. The van der Waals surface area contributed by atoms with E-state index in [1.54, 1.807) is 0 Å². The standard InChI is InChI=1S/C25H36N2O3/c1-4-6-7-8-9-17-29-24-12-10-11-22(18-24)26-19-25(28)27-21-13-15-23(16-14-21)30-20(3)5-2/h10-16,18,20,26H,4-9,17,19H2,1-3H3,(H,27,28). The topological polar surface area (TPSA) is 59.6 Å². The summed E-state index contributed by atoms with van der Waals surface area (Å²) in [5.74, 6) is 1.53. The molecular weight excluding hydrogens is 376 g/mol. The third-order valence-corrected chi connectivity index (χ3v) is 4.85. The van der Waals surface area contributed by atoms with Crippen molar-refractivity contribution in [2.75, 3.05) is 23.8 Å². The van der Waals surface area contributed by atoms with Crippen LogP contribution in [0.25, 0.3) is 0 Å². The molecule has 0 bridgehead atoms. The molecule has 0 aromatic heterocycles. The first-order chi connectivity index (χ1) is 14.6. The zero-order chi connectivity index (χ0) is 21.6. The molecule has 0 radical (unpaired) electrons. The first-order valence-electron chi connectivity index (χ1n) is 11.1. The lowest BCUT2D eigenvalue weighted by Crippen LogP contribution is -2.21. The molecule has 2 rings (SSSR count). The highest BCUT2D eigenvalue weighted by Gasteiger charge is 2.05. The van der Waals surface area contributed by atoms with Gasteiger partial charge in [0.15, 0.2) is 0 Å². The van der Waals surface area contributed by atoms with E-state index in [-0.39, 0.29) is 18.6 Å². The minimum atomic E-state index is -0.104. The van der Waals surface area contributed by atoms with Gasteiger partial charge in [0.05, 0.1) is 19.3 Å². The van der Waals surface area contributed by atoms with Crippen molar-refractivity contribution >= 4 is 17.3 Å². The van der Waals surface area contributed by atoms with Crippen LogP contribution >= 0.6 is 0 Å². The molecular formula is C25H36N2O3. The zero-order valence-electron chi connectivity index (χ0n) is 18.6. The van der Waals surface area contributed by atoms with Crippen LogP contribution in [-0.2, 0) is 4.79 Å². The van der Waals surface area contributed by atoms with E-state index in [9.17, 15) is 4.79 Å². The van der Waals surface area contributed by atoms with Gasteiger partial charge in [-0.1, -0.05) is 45.6 Å². The molecule has 2 aromatic rings. The van der Waals surface area contributed by atoms with Crippen LogP contribution in [0.15, 0.2) is 48.5 Å². The highest BCUT2D eigenvalue weighted by Crippen LogP contribution is 2.19. The lowest BCUT2D eigenvalue weighted by molar-refractivity contribution is -0.114. The van der Waals surface area contributed by atoms with Crippen LogP contribution in [-0.4, -0.2) is 25.2 Å². The van der Waals surface area contributed by atoms with Gasteiger partial charge in [-0.05, 0) is 56.2 Å². The van der Waals surface area contributed by atoms with E-state index >= 15 is 0 Å². The molecule has 1 atom stereocenters. The summed E-state index contributed by atoms with van der Waals surface area (Å²) in [5.41, 5.74) is 1.62. The Hall–Kier alpha value is -2.69. The van der Waals surface area contributed by atoms with E-state index in [1.807, 2.05) is 55.5 Å². The Morgan fingerprint density at radius 3 is 2.43 bits per heavy atom. The largest absolute Gasteiger partial charge is 0.494 e. The summed E-state index contributed by atoms with van der Waals surface area (Å²) in [4.78, 5) is 12.2. The van der Waals surface area contributed by atoms with Crippen LogP contribution in [0.2, 0.25) is 0 Å². The third-order valence-electron chi connectivity index (χ3n) is 4.85. The van der Waals surface area contributed by atoms with Gasteiger partial charge in [-0.15, -0.1) is 0 Å². The van der Waals surface area contributed by atoms with Crippen LogP contribution in [0.5, 0.6) is 11.5 Å². The molecule has 0 saturated carbocycles.